The van der Waals surface area contributed by atoms with Crippen LogP contribution in [0, 0.1) is 5.82 Å². The minimum Gasteiger partial charge on any atom is -0.399 e. The molecule has 8 heteroatoms. The maximum absolute atomic E-state index is 13.6. The van der Waals surface area contributed by atoms with Gasteiger partial charge in [0.25, 0.3) is 10.0 Å². The minimum atomic E-state index is -4.05. The summed E-state index contributed by atoms with van der Waals surface area (Å²) in [7, 11) is -4.05. The molecule has 0 aliphatic carbocycles. The molecule has 0 fully saturated rings. The van der Waals surface area contributed by atoms with Gasteiger partial charge in [-0.1, -0.05) is 23.2 Å². The molecular formula is C12H9Cl2FN2O2S. The molecule has 0 amide bonds. The van der Waals surface area contributed by atoms with Crippen molar-refractivity contribution in [2.45, 2.75) is 4.90 Å². The molecule has 0 saturated heterocycles. The molecule has 2 rings (SSSR count). The number of sulfonamides is 1. The zero-order chi connectivity index (χ0) is 14.9. The molecule has 0 saturated carbocycles. The molecule has 0 bridgehead atoms. The maximum Gasteiger partial charge on any atom is 0.263 e. The first-order valence-electron chi connectivity index (χ1n) is 5.32. The summed E-state index contributed by atoms with van der Waals surface area (Å²) in [4.78, 5) is -0.228. The van der Waals surface area contributed by atoms with Crippen molar-refractivity contribution in [3.8, 4) is 0 Å². The highest BCUT2D eigenvalue weighted by molar-refractivity contribution is 7.92. The molecule has 0 atom stereocenters. The van der Waals surface area contributed by atoms with Gasteiger partial charge < -0.3 is 5.73 Å². The van der Waals surface area contributed by atoms with E-state index in [0.717, 1.165) is 6.07 Å². The third-order valence-corrected chi connectivity index (χ3v) is 4.50. The monoisotopic (exact) mass is 334 g/mol. The molecular weight excluding hydrogens is 326 g/mol. The van der Waals surface area contributed by atoms with Crippen LogP contribution < -0.4 is 10.5 Å². The van der Waals surface area contributed by atoms with Crippen LogP contribution in [0.15, 0.2) is 41.3 Å². The summed E-state index contributed by atoms with van der Waals surface area (Å²) in [6.07, 6.45) is 0. The van der Waals surface area contributed by atoms with Crippen LogP contribution in [0.1, 0.15) is 0 Å². The van der Waals surface area contributed by atoms with E-state index in [1.807, 2.05) is 0 Å². The molecule has 3 N–H and O–H groups in total. The van der Waals surface area contributed by atoms with Crippen molar-refractivity contribution in [2.24, 2.45) is 0 Å². The molecule has 106 valence electrons. The minimum absolute atomic E-state index is 0.0129. The molecule has 2 aromatic rings. The standard InChI is InChI=1S/C12H9Cl2FN2O2S/c13-7-1-4-11(10(15)5-7)17-20(18,19)12-6-8(16)2-3-9(12)14/h1-6,17H,16H2. The van der Waals surface area contributed by atoms with Crippen LogP contribution in [0.4, 0.5) is 15.8 Å². The topological polar surface area (TPSA) is 72.2 Å². The van der Waals surface area contributed by atoms with E-state index < -0.39 is 15.8 Å². The van der Waals surface area contributed by atoms with E-state index in [4.69, 9.17) is 28.9 Å². The van der Waals surface area contributed by atoms with E-state index in [9.17, 15) is 12.8 Å². The zero-order valence-electron chi connectivity index (χ0n) is 9.90. The van der Waals surface area contributed by atoms with Gasteiger partial charge in [-0.15, -0.1) is 0 Å². The third kappa shape index (κ3) is 3.15. The SMILES string of the molecule is Nc1ccc(Cl)c(S(=O)(=O)Nc2ccc(Cl)cc2F)c1. The number of anilines is 2. The number of nitrogen functional groups attached to an aromatic ring is 1. The van der Waals surface area contributed by atoms with E-state index in [0.29, 0.717) is 0 Å². The van der Waals surface area contributed by atoms with Gasteiger partial charge in [0.15, 0.2) is 0 Å². The van der Waals surface area contributed by atoms with Crippen molar-refractivity contribution in [2.75, 3.05) is 10.5 Å². The smallest absolute Gasteiger partial charge is 0.263 e. The van der Waals surface area contributed by atoms with Gasteiger partial charge in [0.1, 0.15) is 10.7 Å². The Hall–Kier alpha value is -1.50. The highest BCUT2D eigenvalue weighted by Crippen LogP contribution is 2.27. The number of benzene rings is 2. The number of hydrogen-bond acceptors (Lipinski definition) is 3. The first-order chi connectivity index (χ1) is 9.29. The second-order valence-corrected chi connectivity index (χ2v) is 6.41. The Morgan fingerprint density at radius 3 is 2.45 bits per heavy atom. The summed E-state index contributed by atoms with van der Waals surface area (Å²) < 4.78 is 40.0. The first kappa shape index (κ1) is 14.9. The summed E-state index contributed by atoms with van der Waals surface area (Å²) in [6, 6.07) is 7.59. The van der Waals surface area contributed by atoms with Crippen molar-refractivity contribution >= 4 is 44.6 Å². The van der Waals surface area contributed by atoms with Crippen molar-refractivity contribution in [1.82, 2.24) is 0 Å². The molecule has 0 aliphatic heterocycles. The van der Waals surface area contributed by atoms with Gasteiger partial charge in [0, 0.05) is 10.7 Å². The average Bonchev–Trinajstić information content (AvgIpc) is 2.35. The van der Waals surface area contributed by atoms with Crippen LogP contribution in [0.5, 0.6) is 0 Å². The van der Waals surface area contributed by atoms with Gasteiger partial charge >= 0.3 is 0 Å². The number of nitrogens with two attached hydrogens (primary N) is 1. The maximum atomic E-state index is 13.6. The summed E-state index contributed by atoms with van der Waals surface area (Å²) in [6.45, 7) is 0. The Labute approximate surface area is 125 Å². The molecule has 0 heterocycles. The lowest BCUT2D eigenvalue weighted by Crippen LogP contribution is -2.14. The van der Waals surface area contributed by atoms with Gasteiger partial charge in [-0.25, -0.2) is 12.8 Å². The number of rotatable bonds is 3. The third-order valence-electron chi connectivity index (χ3n) is 2.42. The highest BCUT2D eigenvalue weighted by Gasteiger charge is 2.20. The summed E-state index contributed by atoms with van der Waals surface area (Å²) in [5.41, 5.74) is 5.52. The van der Waals surface area contributed by atoms with E-state index >= 15 is 0 Å². The predicted octanol–water partition coefficient (Wildman–Crippen LogP) is 3.52. The van der Waals surface area contributed by atoms with Crippen molar-refractivity contribution in [3.05, 3.63) is 52.3 Å². The lowest BCUT2D eigenvalue weighted by molar-refractivity contribution is 0.598. The van der Waals surface area contributed by atoms with Crippen molar-refractivity contribution in [3.63, 3.8) is 0 Å². The Kier molecular flexibility index (Phi) is 4.08. The zero-order valence-corrected chi connectivity index (χ0v) is 12.2. The Morgan fingerprint density at radius 1 is 1.10 bits per heavy atom. The second kappa shape index (κ2) is 5.47. The highest BCUT2D eigenvalue weighted by atomic mass is 35.5. The predicted molar refractivity (Wildman–Crippen MR) is 78.1 cm³/mol. The Morgan fingerprint density at radius 2 is 1.80 bits per heavy atom. The number of nitrogens with one attached hydrogen (secondary N) is 1. The Balaban J connectivity index is 2.43. The van der Waals surface area contributed by atoms with E-state index in [-0.39, 0.29) is 26.3 Å². The molecule has 0 radical (unpaired) electrons. The lowest BCUT2D eigenvalue weighted by Gasteiger charge is -2.11. The molecule has 20 heavy (non-hydrogen) atoms. The molecule has 2 aromatic carbocycles. The van der Waals surface area contributed by atoms with Gasteiger partial charge in [-0.3, -0.25) is 4.72 Å². The summed E-state index contributed by atoms with van der Waals surface area (Å²) >= 11 is 11.4. The van der Waals surface area contributed by atoms with Gasteiger partial charge in [-0.05, 0) is 36.4 Å². The van der Waals surface area contributed by atoms with Crippen LogP contribution in [-0.2, 0) is 10.0 Å². The fourth-order valence-electron chi connectivity index (χ4n) is 1.50. The number of hydrogen-bond donors (Lipinski definition) is 2. The van der Waals surface area contributed by atoms with Crippen LogP contribution in [0.3, 0.4) is 0 Å². The lowest BCUT2D eigenvalue weighted by atomic mass is 10.3. The number of halogens is 3. The second-order valence-electron chi connectivity index (χ2n) is 3.92. The van der Waals surface area contributed by atoms with Crippen molar-refractivity contribution in [1.29, 1.82) is 0 Å². The Bertz CT molecular complexity index is 766. The van der Waals surface area contributed by atoms with Crippen LogP contribution in [0.2, 0.25) is 10.0 Å². The quantitative estimate of drug-likeness (QED) is 0.843. The van der Waals surface area contributed by atoms with E-state index in [1.165, 1.54) is 30.3 Å². The summed E-state index contributed by atoms with van der Waals surface area (Å²) in [5, 5.41) is 0.147. The van der Waals surface area contributed by atoms with E-state index in [2.05, 4.69) is 4.72 Å². The molecule has 0 aromatic heterocycles. The normalized spacial score (nSPS) is 11.3. The average molecular weight is 335 g/mol. The fraction of sp³-hybridized carbons (Fsp3) is 0. The molecule has 0 unspecified atom stereocenters. The van der Waals surface area contributed by atoms with Crippen LogP contribution in [0.25, 0.3) is 0 Å². The van der Waals surface area contributed by atoms with Crippen LogP contribution in [-0.4, -0.2) is 8.42 Å². The fourth-order valence-corrected chi connectivity index (χ4v) is 3.26. The largest absolute Gasteiger partial charge is 0.399 e. The van der Waals surface area contributed by atoms with Crippen molar-refractivity contribution < 1.29 is 12.8 Å². The molecule has 0 aliphatic rings. The first-order valence-corrected chi connectivity index (χ1v) is 7.56. The summed E-state index contributed by atoms with van der Waals surface area (Å²) in [5.74, 6) is -0.791. The van der Waals surface area contributed by atoms with E-state index in [1.54, 1.807) is 0 Å². The van der Waals surface area contributed by atoms with Gasteiger partial charge in [0.2, 0.25) is 0 Å². The van der Waals surface area contributed by atoms with Gasteiger partial charge in [-0.2, -0.15) is 0 Å². The molecule has 0 spiro atoms. The van der Waals surface area contributed by atoms with Gasteiger partial charge in [0.05, 0.1) is 10.7 Å². The van der Waals surface area contributed by atoms with Crippen LogP contribution >= 0.6 is 23.2 Å². The molecule has 4 nitrogen and oxygen atoms in total.